The van der Waals surface area contributed by atoms with Gasteiger partial charge in [0.15, 0.2) is 9.90 Å². The Morgan fingerprint density at radius 2 is 2.33 bits per heavy atom. The number of thiazole rings is 1. The van der Waals surface area contributed by atoms with Crippen LogP contribution in [0.15, 0.2) is 5.38 Å². The van der Waals surface area contributed by atoms with Gasteiger partial charge in [-0.2, -0.15) is 5.10 Å². The Morgan fingerprint density at radius 3 is 2.95 bits per heavy atom. The molecule has 21 heavy (non-hydrogen) atoms. The van der Waals surface area contributed by atoms with Gasteiger partial charge in [-0.25, -0.2) is 4.98 Å². The molecule has 0 saturated carbocycles. The molecule has 7 nitrogen and oxygen atoms in total. The van der Waals surface area contributed by atoms with Crippen LogP contribution in [0.25, 0.3) is 0 Å². The van der Waals surface area contributed by atoms with E-state index in [1.54, 1.807) is 12.4 Å². The first-order valence-electron chi connectivity index (χ1n) is 6.60. The van der Waals surface area contributed by atoms with Crippen LogP contribution in [0.4, 0.5) is 5.13 Å². The van der Waals surface area contributed by atoms with Gasteiger partial charge in [-0.05, 0) is 26.1 Å². The molecule has 0 aliphatic heterocycles. The SMILES string of the molecule is CNc1nc(C(=O)NCCc2n[nH]c(=S)n2C(C)C)cs1. The first-order valence-corrected chi connectivity index (χ1v) is 7.89. The second-order valence-electron chi connectivity index (χ2n) is 4.70. The number of nitrogens with zero attached hydrogens (tertiary/aromatic N) is 3. The fraction of sp³-hybridized carbons (Fsp3) is 0.500. The quantitative estimate of drug-likeness (QED) is 0.707. The van der Waals surface area contributed by atoms with E-state index < -0.39 is 0 Å². The number of carbonyl (C=O) groups excluding carboxylic acids is 1. The smallest absolute Gasteiger partial charge is 0.270 e. The van der Waals surface area contributed by atoms with Crippen molar-refractivity contribution in [1.29, 1.82) is 0 Å². The molecule has 9 heteroatoms. The van der Waals surface area contributed by atoms with Gasteiger partial charge in [0.2, 0.25) is 0 Å². The molecule has 0 aromatic carbocycles. The first kappa shape index (κ1) is 15.6. The maximum atomic E-state index is 11.9. The Balaban J connectivity index is 1.92. The lowest BCUT2D eigenvalue weighted by Gasteiger charge is -2.10. The number of hydrogen-bond donors (Lipinski definition) is 3. The summed E-state index contributed by atoms with van der Waals surface area (Å²) in [5.41, 5.74) is 0.423. The molecule has 0 radical (unpaired) electrons. The number of aromatic amines is 1. The standard InChI is InChI=1S/C12H18N6OS2/c1-7(2)18-9(16-17-12(18)20)4-5-14-10(19)8-6-21-11(13-3)15-8/h6-7H,4-5H2,1-3H3,(H,13,15)(H,14,19)(H,17,20). The van der Waals surface area contributed by atoms with Gasteiger partial charge in [-0.15, -0.1) is 11.3 Å². The molecule has 0 bridgehead atoms. The van der Waals surface area contributed by atoms with Crippen LogP contribution in [0.2, 0.25) is 0 Å². The second-order valence-corrected chi connectivity index (χ2v) is 5.95. The Bertz CT molecular complexity index is 671. The van der Waals surface area contributed by atoms with Crippen LogP contribution in [0.3, 0.4) is 0 Å². The Hall–Kier alpha value is -1.74. The van der Waals surface area contributed by atoms with E-state index in [4.69, 9.17) is 12.2 Å². The number of rotatable bonds is 6. The number of anilines is 1. The minimum atomic E-state index is -0.182. The average molecular weight is 326 g/mol. The lowest BCUT2D eigenvalue weighted by atomic mass is 10.3. The van der Waals surface area contributed by atoms with Crippen molar-refractivity contribution >= 4 is 34.6 Å². The topological polar surface area (TPSA) is 87.6 Å². The minimum Gasteiger partial charge on any atom is -0.365 e. The number of aromatic nitrogens is 4. The third kappa shape index (κ3) is 3.67. The van der Waals surface area contributed by atoms with Crippen LogP contribution in [-0.2, 0) is 6.42 Å². The van der Waals surface area contributed by atoms with Crippen molar-refractivity contribution in [2.75, 3.05) is 18.9 Å². The fourth-order valence-electron chi connectivity index (χ4n) is 1.92. The summed E-state index contributed by atoms with van der Waals surface area (Å²) < 4.78 is 2.55. The van der Waals surface area contributed by atoms with Crippen LogP contribution < -0.4 is 10.6 Å². The van der Waals surface area contributed by atoms with Crippen LogP contribution in [-0.4, -0.2) is 39.2 Å². The molecule has 3 N–H and O–H groups in total. The van der Waals surface area contributed by atoms with Crippen LogP contribution >= 0.6 is 23.6 Å². The summed E-state index contributed by atoms with van der Waals surface area (Å²) in [5, 5.41) is 15.2. The Morgan fingerprint density at radius 1 is 1.57 bits per heavy atom. The van der Waals surface area contributed by atoms with Crippen molar-refractivity contribution in [3.63, 3.8) is 0 Å². The highest BCUT2D eigenvalue weighted by molar-refractivity contribution is 7.71. The van der Waals surface area contributed by atoms with Crippen molar-refractivity contribution in [3.05, 3.63) is 21.7 Å². The normalized spacial score (nSPS) is 10.9. The largest absolute Gasteiger partial charge is 0.365 e. The van der Waals surface area contributed by atoms with Gasteiger partial charge in [-0.3, -0.25) is 9.89 Å². The molecule has 114 valence electrons. The lowest BCUT2D eigenvalue weighted by molar-refractivity contribution is 0.0949. The fourth-order valence-corrected chi connectivity index (χ4v) is 2.93. The number of amides is 1. The monoisotopic (exact) mass is 326 g/mol. The molecule has 2 rings (SSSR count). The van der Waals surface area contributed by atoms with E-state index >= 15 is 0 Å². The van der Waals surface area contributed by atoms with Gasteiger partial charge in [0, 0.05) is 31.4 Å². The maximum Gasteiger partial charge on any atom is 0.270 e. The highest BCUT2D eigenvalue weighted by Gasteiger charge is 2.12. The van der Waals surface area contributed by atoms with Crippen molar-refractivity contribution in [3.8, 4) is 0 Å². The minimum absolute atomic E-state index is 0.182. The van der Waals surface area contributed by atoms with E-state index in [-0.39, 0.29) is 11.9 Å². The molecule has 0 aliphatic carbocycles. The predicted molar refractivity (Wildman–Crippen MR) is 85.5 cm³/mol. The van der Waals surface area contributed by atoms with Crippen molar-refractivity contribution in [1.82, 2.24) is 25.1 Å². The van der Waals surface area contributed by atoms with E-state index in [0.717, 1.165) is 11.0 Å². The zero-order valence-corrected chi connectivity index (χ0v) is 13.8. The first-order chi connectivity index (χ1) is 10.0. The summed E-state index contributed by atoms with van der Waals surface area (Å²) in [4.78, 5) is 16.1. The zero-order valence-electron chi connectivity index (χ0n) is 12.1. The van der Waals surface area contributed by atoms with Crippen molar-refractivity contribution in [2.24, 2.45) is 0 Å². The zero-order chi connectivity index (χ0) is 15.4. The van der Waals surface area contributed by atoms with Gasteiger partial charge in [0.05, 0.1) is 0 Å². The molecule has 2 aromatic rings. The van der Waals surface area contributed by atoms with E-state index in [9.17, 15) is 4.79 Å². The Labute approximate surface area is 131 Å². The molecule has 0 saturated heterocycles. The average Bonchev–Trinajstić information content (AvgIpc) is 3.05. The van der Waals surface area contributed by atoms with Crippen LogP contribution in [0, 0.1) is 4.77 Å². The van der Waals surface area contributed by atoms with Gasteiger partial charge in [0.25, 0.3) is 5.91 Å². The summed E-state index contributed by atoms with van der Waals surface area (Å²) in [5.74, 6) is 0.655. The molecule has 0 atom stereocenters. The van der Waals surface area contributed by atoms with E-state index in [1.807, 2.05) is 18.4 Å². The van der Waals surface area contributed by atoms with Crippen LogP contribution in [0.1, 0.15) is 36.2 Å². The van der Waals surface area contributed by atoms with Crippen LogP contribution in [0.5, 0.6) is 0 Å². The summed E-state index contributed by atoms with van der Waals surface area (Å²) in [6, 6.07) is 0.235. The summed E-state index contributed by atoms with van der Waals surface area (Å²) in [6.07, 6.45) is 0.611. The number of carbonyl (C=O) groups is 1. The maximum absolute atomic E-state index is 11.9. The lowest BCUT2D eigenvalue weighted by Crippen LogP contribution is -2.27. The third-order valence-corrected chi connectivity index (χ3v) is 4.03. The molecule has 2 aromatic heterocycles. The van der Waals surface area contributed by atoms with Gasteiger partial charge in [0.1, 0.15) is 11.5 Å². The summed E-state index contributed by atoms with van der Waals surface area (Å²) >= 11 is 6.58. The van der Waals surface area contributed by atoms with Crippen molar-refractivity contribution in [2.45, 2.75) is 26.3 Å². The number of nitrogens with one attached hydrogen (secondary N) is 3. The molecule has 0 spiro atoms. The summed E-state index contributed by atoms with van der Waals surface area (Å²) in [7, 11) is 1.77. The van der Waals surface area contributed by atoms with Gasteiger partial charge < -0.3 is 15.2 Å². The molecular formula is C12H18N6OS2. The molecule has 0 unspecified atom stereocenters. The number of H-pyrrole nitrogens is 1. The van der Waals surface area contributed by atoms with Crippen molar-refractivity contribution < 1.29 is 4.79 Å². The van der Waals surface area contributed by atoms with Gasteiger partial charge in [-0.1, -0.05) is 0 Å². The molecular weight excluding hydrogens is 308 g/mol. The number of hydrogen-bond acceptors (Lipinski definition) is 6. The molecule has 1 amide bonds. The molecule has 0 aliphatic rings. The highest BCUT2D eigenvalue weighted by atomic mass is 32.1. The van der Waals surface area contributed by atoms with E-state index in [1.165, 1.54) is 11.3 Å². The third-order valence-electron chi connectivity index (χ3n) is 2.88. The summed E-state index contributed by atoms with van der Waals surface area (Å²) in [6.45, 7) is 4.57. The van der Waals surface area contributed by atoms with E-state index in [0.29, 0.717) is 23.4 Å². The van der Waals surface area contributed by atoms with E-state index in [2.05, 4.69) is 25.8 Å². The Kier molecular flexibility index (Phi) is 5.07. The molecule has 2 heterocycles. The predicted octanol–water partition coefficient (Wildman–Crippen LogP) is 1.99. The second kappa shape index (κ2) is 6.81. The van der Waals surface area contributed by atoms with Gasteiger partial charge >= 0.3 is 0 Å². The highest BCUT2D eigenvalue weighted by Crippen LogP contribution is 2.14. The molecule has 0 fully saturated rings.